The average Bonchev–Trinajstić information content (AvgIpc) is 1.85. The lowest BCUT2D eigenvalue weighted by molar-refractivity contribution is -0.123. The van der Waals surface area contributed by atoms with Crippen molar-refractivity contribution >= 4 is 11.7 Å². The molecule has 0 radical (unpaired) electrons. The van der Waals surface area contributed by atoms with Crippen LogP contribution in [0.15, 0.2) is 0 Å². The van der Waals surface area contributed by atoms with Crippen LogP contribution < -0.4 is 5.32 Å². The molecule has 66 valence electrons. The van der Waals surface area contributed by atoms with Crippen molar-refractivity contribution in [2.24, 2.45) is 0 Å². The first-order valence-corrected chi connectivity index (χ1v) is 3.78. The summed E-state index contributed by atoms with van der Waals surface area (Å²) in [4.78, 5) is 20.2. The van der Waals surface area contributed by atoms with Gasteiger partial charge in [0.25, 0.3) is 0 Å². The van der Waals surface area contributed by atoms with Crippen LogP contribution in [0, 0.1) is 0 Å². The summed E-state index contributed by atoms with van der Waals surface area (Å²) >= 11 is 0. The second kappa shape index (κ2) is 9.14. The SMILES string of the molecule is CC(=O)CNC(C)=O.CCC. The van der Waals surface area contributed by atoms with E-state index in [9.17, 15) is 9.59 Å². The maximum absolute atomic E-state index is 10.1. The molecule has 3 heteroatoms. The van der Waals surface area contributed by atoms with Gasteiger partial charge in [0.15, 0.2) is 0 Å². The van der Waals surface area contributed by atoms with E-state index < -0.39 is 0 Å². The highest BCUT2D eigenvalue weighted by atomic mass is 16.2. The molecule has 0 unspecified atom stereocenters. The Bertz CT molecular complexity index is 107. The Kier molecular flexibility index (Phi) is 10.6. The van der Waals surface area contributed by atoms with E-state index in [1.165, 1.54) is 20.3 Å². The number of amides is 1. The first-order chi connectivity index (χ1) is 5.04. The molecule has 0 atom stereocenters. The van der Waals surface area contributed by atoms with Gasteiger partial charge in [-0.15, -0.1) is 0 Å². The molecule has 0 aliphatic rings. The van der Waals surface area contributed by atoms with Crippen molar-refractivity contribution in [1.29, 1.82) is 0 Å². The molecule has 11 heavy (non-hydrogen) atoms. The Morgan fingerprint density at radius 2 is 1.55 bits per heavy atom. The molecule has 0 aliphatic carbocycles. The van der Waals surface area contributed by atoms with E-state index in [0.29, 0.717) is 0 Å². The van der Waals surface area contributed by atoms with Crippen LogP contribution in [0.25, 0.3) is 0 Å². The summed E-state index contributed by atoms with van der Waals surface area (Å²) in [5.41, 5.74) is 0. The molecule has 0 aliphatic heterocycles. The van der Waals surface area contributed by atoms with E-state index in [1.54, 1.807) is 0 Å². The monoisotopic (exact) mass is 159 g/mol. The summed E-state index contributed by atoms with van der Waals surface area (Å²) in [6, 6.07) is 0. The van der Waals surface area contributed by atoms with Gasteiger partial charge < -0.3 is 5.32 Å². The molecule has 0 saturated heterocycles. The molecule has 0 spiro atoms. The normalized spacial score (nSPS) is 7.64. The van der Waals surface area contributed by atoms with E-state index in [2.05, 4.69) is 19.2 Å². The van der Waals surface area contributed by atoms with Gasteiger partial charge in [-0.05, 0) is 6.92 Å². The van der Waals surface area contributed by atoms with Gasteiger partial charge in [0.1, 0.15) is 5.78 Å². The van der Waals surface area contributed by atoms with Gasteiger partial charge in [0, 0.05) is 6.92 Å². The molecule has 3 nitrogen and oxygen atoms in total. The summed E-state index contributed by atoms with van der Waals surface area (Å²) < 4.78 is 0. The standard InChI is InChI=1S/C5H9NO2.C3H8/c1-4(7)3-6-5(2)8;1-3-2/h3H2,1-2H3,(H,6,8);3H2,1-2H3. The first kappa shape index (κ1) is 12.8. The molecule has 0 saturated carbocycles. The quantitative estimate of drug-likeness (QED) is 0.656. The topological polar surface area (TPSA) is 46.2 Å². The van der Waals surface area contributed by atoms with Crippen molar-refractivity contribution in [1.82, 2.24) is 5.32 Å². The summed E-state index contributed by atoms with van der Waals surface area (Å²) in [5, 5.41) is 2.36. The molecule has 0 aromatic carbocycles. The Morgan fingerprint density at radius 1 is 1.18 bits per heavy atom. The third-order valence-electron chi connectivity index (χ3n) is 0.586. The third-order valence-corrected chi connectivity index (χ3v) is 0.586. The lowest BCUT2D eigenvalue weighted by Gasteiger charge is -1.93. The van der Waals surface area contributed by atoms with E-state index >= 15 is 0 Å². The maximum atomic E-state index is 10.1. The zero-order chi connectivity index (χ0) is 9.28. The van der Waals surface area contributed by atoms with Crippen molar-refractivity contribution in [2.75, 3.05) is 6.54 Å². The van der Waals surface area contributed by atoms with Gasteiger partial charge in [0.05, 0.1) is 6.54 Å². The Balaban J connectivity index is 0. The van der Waals surface area contributed by atoms with Gasteiger partial charge in [0.2, 0.25) is 5.91 Å². The minimum atomic E-state index is -0.166. The fraction of sp³-hybridized carbons (Fsp3) is 0.750. The highest BCUT2D eigenvalue weighted by Crippen LogP contribution is 1.63. The number of rotatable bonds is 2. The average molecular weight is 159 g/mol. The van der Waals surface area contributed by atoms with Crippen LogP contribution in [0.2, 0.25) is 0 Å². The Labute approximate surface area is 68.2 Å². The number of ketones is 1. The van der Waals surface area contributed by atoms with Crippen molar-refractivity contribution in [3.05, 3.63) is 0 Å². The van der Waals surface area contributed by atoms with Crippen LogP contribution in [0.1, 0.15) is 34.1 Å². The molecule has 0 aromatic heterocycles. The smallest absolute Gasteiger partial charge is 0.217 e. The molecule has 1 amide bonds. The molecule has 1 N–H and O–H groups in total. The molecular formula is C8H17NO2. The zero-order valence-corrected chi connectivity index (χ0v) is 7.73. The van der Waals surface area contributed by atoms with E-state index in [0.717, 1.165) is 0 Å². The van der Waals surface area contributed by atoms with Crippen LogP contribution in [0.5, 0.6) is 0 Å². The van der Waals surface area contributed by atoms with Crippen LogP contribution in [-0.2, 0) is 9.59 Å². The Hall–Kier alpha value is -0.860. The highest BCUT2D eigenvalue weighted by Gasteiger charge is 1.91. The molecule has 0 aromatic rings. The van der Waals surface area contributed by atoms with Gasteiger partial charge in [-0.3, -0.25) is 9.59 Å². The summed E-state index contributed by atoms with van der Waals surface area (Å²) in [6.45, 7) is 7.20. The number of hydrogen-bond donors (Lipinski definition) is 1. The van der Waals surface area contributed by atoms with Crippen molar-refractivity contribution in [3.8, 4) is 0 Å². The lowest BCUT2D eigenvalue weighted by atomic mass is 10.4. The summed E-state index contributed by atoms with van der Waals surface area (Å²) in [6.07, 6.45) is 1.25. The fourth-order valence-electron chi connectivity index (χ4n) is 0.249. The summed E-state index contributed by atoms with van der Waals surface area (Å²) in [5.74, 6) is -0.194. The predicted octanol–water partition coefficient (Wildman–Crippen LogP) is 1.13. The summed E-state index contributed by atoms with van der Waals surface area (Å²) in [7, 11) is 0. The molecule has 0 fully saturated rings. The Morgan fingerprint density at radius 3 is 1.64 bits per heavy atom. The highest BCUT2D eigenvalue weighted by molar-refractivity contribution is 5.83. The minimum absolute atomic E-state index is 0.0276. The number of carbonyl (C=O) groups is 2. The van der Waals surface area contributed by atoms with Crippen LogP contribution in [-0.4, -0.2) is 18.2 Å². The predicted molar refractivity (Wildman–Crippen MR) is 45.3 cm³/mol. The third kappa shape index (κ3) is 27.2. The number of nitrogens with one attached hydrogen (secondary N) is 1. The minimum Gasteiger partial charge on any atom is -0.349 e. The van der Waals surface area contributed by atoms with E-state index in [1.807, 2.05) is 0 Å². The van der Waals surface area contributed by atoms with Crippen LogP contribution >= 0.6 is 0 Å². The zero-order valence-electron chi connectivity index (χ0n) is 7.73. The largest absolute Gasteiger partial charge is 0.349 e. The molecular weight excluding hydrogens is 142 g/mol. The second-order valence-corrected chi connectivity index (χ2v) is 2.32. The number of carbonyl (C=O) groups excluding carboxylic acids is 2. The van der Waals surface area contributed by atoms with Gasteiger partial charge in [-0.2, -0.15) is 0 Å². The van der Waals surface area contributed by atoms with Crippen molar-refractivity contribution < 1.29 is 9.59 Å². The van der Waals surface area contributed by atoms with Gasteiger partial charge in [-0.1, -0.05) is 20.3 Å². The number of hydrogen-bond acceptors (Lipinski definition) is 2. The fourth-order valence-corrected chi connectivity index (χ4v) is 0.249. The van der Waals surface area contributed by atoms with Crippen LogP contribution in [0.3, 0.4) is 0 Å². The van der Waals surface area contributed by atoms with Crippen molar-refractivity contribution in [2.45, 2.75) is 34.1 Å². The molecule has 0 bridgehead atoms. The molecule has 0 rings (SSSR count). The number of Topliss-reactive ketones (excluding diaryl/α,β-unsaturated/α-hetero) is 1. The second-order valence-electron chi connectivity index (χ2n) is 2.32. The van der Waals surface area contributed by atoms with Gasteiger partial charge in [-0.25, -0.2) is 0 Å². The lowest BCUT2D eigenvalue weighted by Crippen LogP contribution is -2.25. The first-order valence-electron chi connectivity index (χ1n) is 3.78. The van der Waals surface area contributed by atoms with E-state index in [4.69, 9.17) is 0 Å². The van der Waals surface area contributed by atoms with Gasteiger partial charge >= 0.3 is 0 Å². The maximum Gasteiger partial charge on any atom is 0.217 e. The van der Waals surface area contributed by atoms with E-state index in [-0.39, 0.29) is 18.2 Å². The van der Waals surface area contributed by atoms with Crippen molar-refractivity contribution in [3.63, 3.8) is 0 Å². The van der Waals surface area contributed by atoms with Crippen LogP contribution in [0.4, 0.5) is 0 Å². The molecule has 0 heterocycles.